The summed E-state index contributed by atoms with van der Waals surface area (Å²) in [5.41, 5.74) is 1.85. The SMILES string of the molecule is O=c1ccc(-n2cnc3ccccc32)nn1CCCCCCBr. The number of aryl methyl sites for hydroxylation is 1. The molecule has 120 valence electrons. The van der Waals surface area contributed by atoms with Crippen molar-refractivity contribution in [1.82, 2.24) is 19.3 Å². The number of unbranched alkanes of at least 4 members (excludes halogenated alkanes) is 3. The second kappa shape index (κ2) is 7.55. The van der Waals surface area contributed by atoms with Crippen LogP contribution in [0.4, 0.5) is 0 Å². The van der Waals surface area contributed by atoms with Gasteiger partial charge in [-0.1, -0.05) is 40.9 Å². The minimum Gasteiger partial charge on any atom is -0.281 e. The summed E-state index contributed by atoms with van der Waals surface area (Å²) >= 11 is 3.43. The van der Waals surface area contributed by atoms with E-state index < -0.39 is 0 Å². The van der Waals surface area contributed by atoms with Crippen LogP contribution in [0.1, 0.15) is 25.7 Å². The monoisotopic (exact) mass is 374 g/mol. The molecule has 0 saturated carbocycles. The third-order valence-electron chi connectivity index (χ3n) is 3.81. The number of nitrogens with zero attached hydrogens (tertiary/aromatic N) is 4. The van der Waals surface area contributed by atoms with Crippen LogP contribution < -0.4 is 5.56 Å². The maximum Gasteiger partial charge on any atom is 0.266 e. The Morgan fingerprint density at radius 2 is 1.83 bits per heavy atom. The van der Waals surface area contributed by atoms with Crippen LogP contribution in [0, 0.1) is 0 Å². The fraction of sp³-hybridized carbons (Fsp3) is 0.353. The number of hydrogen-bond donors (Lipinski definition) is 0. The molecule has 1 aromatic carbocycles. The largest absolute Gasteiger partial charge is 0.281 e. The van der Waals surface area contributed by atoms with Gasteiger partial charge in [-0.15, -0.1) is 0 Å². The summed E-state index contributed by atoms with van der Waals surface area (Å²) in [6, 6.07) is 11.2. The normalized spacial score (nSPS) is 11.2. The van der Waals surface area contributed by atoms with Crippen molar-refractivity contribution in [3.8, 4) is 5.82 Å². The van der Waals surface area contributed by atoms with Gasteiger partial charge in [0.1, 0.15) is 6.33 Å². The van der Waals surface area contributed by atoms with Crippen molar-refractivity contribution in [3.63, 3.8) is 0 Å². The first-order valence-corrected chi connectivity index (χ1v) is 8.98. The molecule has 3 rings (SSSR count). The summed E-state index contributed by atoms with van der Waals surface area (Å²) in [5, 5.41) is 5.54. The number of imidazole rings is 1. The molecule has 0 saturated heterocycles. The van der Waals surface area contributed by atoms with Gasteiger partial charge < -0.3 is 0 Å². The van der Waals surface area contributed by atoms with Crippen LogP contribution in [0.15, 0.2) is 47.5 Å². The highest BCUT2D eigenvalue weighted by atomic mass is 79.9. The highest BCUT2D eigenvalue weighted by Gasteiger charge is 2.07. The van der Waals surface area contributed by atoms with Gasteiger partial charge in [0.15, 0.2) is 5.82 Å². The van der Waals surface area contributed by atoms with Gasteiger partial charge in [-0.25, -0.2) is 9.67 Å². The zero-order chi connectivity index (χ0) is 16.1. The fourth-order valence-electron chi connectivity index (χ4n) is 2.58. The molecule has 0 atom stereocenters. The average molecular weight is 375 g/mol. The zero-order valence-corrected chi connectivity index (χ0v) is 14.4. The van der Waals surface area contributed by atoms with Gasteiger partial charge in [-0.3, -0.25) is 9.36 Å². The summed E-state index contributed by atoms with van der Waals surface area (Å²) in [7, 11) is 0. The van der Waals surface area contributed by atoms with Gasteiger partial charge in [0.25, 0.3) is 5.56 Å². The minimum absolute atomic E-state index is 0.0568. The van der Waals surface area contributed by atoms with Gasteiger partial charge in [0.05, 0.1) is 11.0 Å². The maximum absolute atomic E-state index is 12.0. The third-order valence-corrected chi connectivity index (χ3v) is 4.37. The van der Waals surface area contributed by atoms with Gasteiger partial charge in [-0.2, -0.15) is 5.10 Å². The van der Waals surface area contributed by atoms with E-state index in [0.717, 1.165) is 35.0 Å². The molecular formula is C17H19BrN4O. The average Bonchev–Trinajstić information content (AvgIpc) is 3.00. The number of benzene rings is 1. The zero-order valence-electron chi connectivity index (χ0n) is 12.9. The summed E-state index contributed by atoms with van der Waals surface area (Å²) < 4.78 is 3.47. The maximum atomic E-state index is 12.0. The van der Waals surface area contributed by atoms with Crippen molar-refractivity contribution >= 4 is 27.0 Å². The Bertz CT molecular complexity index is 840. The van der Waals surface area contributed by atoms with Crippen LogP contribution in [0.5, 0.6) is 0 Å². The highest BCUT2D eigenvalue weighted by molar-refractivity contribution is 9.09. The minimum atomic E-state index is -0.0568. The van der Waals surface area contributed by atoms with Gasteiger partial charge in [0, 0.05) is 17.9 Å². The highest BCUT2D eigenvalue weighted by Crippen LogP contribution is 2.15. The molecule has 6 heteroatoms. The molecule has 3 aromatic rings. The van der Waals surface area contributed by atoms with E-state index in [2.05, 4.69) is 26.0 Å². The lowest BCUT2D eigenvalue weighted by Gasteiger charge is -2.08. The number of halogens is 1. The molecule has 2 aromatic heterocycles. The predicted octanol–water partition coefficient (Wildman–Crippen LogP) is 3.54. The quantitative estimate of drug-likeness (QED) is 0.469. The molecule has 0 bridgehead atoms. The molecule has 0 fully saturated rings. The van der Waals surface area contributed by atoms with Crippen molar-refractivity contribution in [2.45, 2.75) is 32.2 Å². The Hall–Kier alpha value is -1.95. The molecule has 0 unspecified atom stereocenters. The second-order valence-electron chi connectivity index (χ2n) is 5.46. The first-order valence-electron chi connectivity index (χ1n) is 7.86. The van der Waals surface area contributed by atoms with Crippen LogP contribution in [0.25, 0.3) is 16.9 Å². The summed E-state index contributed by atoms with van der Waals surface area (Å²) in [5.74, 6) is 0.721. The van der Waals surface area contributed by atoms with Crippen molar-refractivity contribution < 1.29 is 0 Å². The van der Waals surface area contributed by atoms with Crippen molar-refractivity contribution in [2.24, 2.45) is 0 Å². The van der Waals surface area contributed by atoms with E-state index >= 15 is 0 Å². The first-order chi connectivity index (χ1) is 11.3. The van der Waals surface area contributed by atoms with Gasteiger partial charge in [-0.05, 0) is 31.0 Å². The van der Waals surface area contributed by atoms with E-state index in [0.29, 0.717) is 6.54 Å². The molecule has 2 heterocycles. The van der Waals surface area contributed by atoms with E-state index in [4.69, 9.17) is 0 Å². The molecule has 0 spiro atoms. The van der Waals surface area contributed by atoms with Crippen LogP contribution in [0.3, 0.4) is 0 Å². The molecule has 5 nitrogen and oxygen atoms in total. The summed E-state index contributed by atoms with van der Waals surface area (Å²) in [6.45, 7) is 0.654. The topological polar surface area (TPSA) is 52.7 Å². The van der Waals surface area contributed by atoms with Crippen LogP contribution in [-0.4, -0.2) is 24.7 Å². The van der Waals surface area contributed by atoms with Crippen LogP contribution in [-0.2, 0) is 6.54 Å². The Labute approximate surface area is 143 Å². The smallest absolute Gasteiger partial charge is 0.266 e. The Morgan fingerprint density at radius 3 is 2.70 bits per heavy atom. The van der Waals surface area contributed by atoms with E-state index in [1.165, 1.54) is 12.8 Å². The molecule has 0 amide bonds. The van der Waals surface area contributed by atoms with E-state index in [1.807, 2.05) is 28.8 Å². The molecule has 0 N–H and O–H groups in total. The van der Waals surface area contributed by atoms with Crippen molar-refractivity contribution in [2.75, 3.05) is 5.33 Å². The van der Waals surface area contributed by atoms with Gasteiger partial charge >= 0.3 is 0 Å². The Balaban J connectivity index is 1.81. The number of alkyl halides is 1. The molecule has 0 aliphatic heterocycles. The Morgan fingerprint density at radius 1 is 1.00 bits per heavy atom. The third kappa shape index (κ3) is 3.69. The fourth-order valence-corrected chi connectivity index (χ4v) is 2.97. The number of fused-ring (bicyclic) bond motifs is 1. The standard InChI is InChI=1S/C17H19BrN4O/c18-11-5-1-2-6-12-22-17(23)10-9-16(20-22)21-13-19-14-7-3-4-8-15(14)21/h3-4,7-10,13H,1-2,5-6,11-12H2. The van der Waals surface area contributed by atoms with Crippen LogP contribution in [0.2, 0.25) is 0 Å². The number of hydrogen-bond acceptors (Lipinski definition) is 3. The first kappa shape index (κ1) is 15.9. The lowest BCUT2D eigenvalue weighted by Crippen LogP contribution is -2.23. The van der Waals surface area contributed by atoms with E-state index in [-0.39, 0.29) is 5.56 Å². The van der Waals surface area contributed by atoms with Crippen molar-refractivity contribution in [1.29, 1.82) is 0 Å². The summed E-state index contributed by atoms with van der Waals surface area (Å²) in [4.78, 5) is 16.4. The molecule has 23 heavy (non-hydrogen) atoms. The van der Waals surface area contributed by atoms with E-state index in [9.17, 15) is 4.79 Å². The number of rotatable bonds is 7. The number of aromatic nitrogens is 4. The molecule has 0 aliphatic rings. The van der Waals surface area contributed by atoms with Gasteiger partial charge in [0.2, 0.25) is 0 Å². The molecular weight excluding hydrogens is 356 g/mol. The second-order valence-corrected chi connectivity index (χ2v) is 6.25. The predicted molar refractivity (Wildman–Crippen MR) is 95.4 cm³/mol. The van der Waals surface area contributed by atoms with E-state index in [1.54, 1.807) is 23.1 Å². The summed E-state index contributed by atoms with van der Waals surface area (Å²) in [6.07, 6.45) is 6.17. The lowest BCUT2D eigenvalue weighted by atomic mass is 10.2. The van der Waals surface area contributed by atoms with Crippen molar-refractivity contribution in [3.05, 3.63) is 53.1 Å². The number of para-hydroxylation sites is 2. The van der Waals surface area contributed by atoms with Crippen LogP contribution >= 0.6 is 15.9 Å². The Kier molecular flexibility index (Phi) is 5.23. The lowest BCUT2D eigenvalue weighted by molar-refractivity contribution is 0.517. The molecule has 0 aliphatic carbocycles. The molecule has 0 radical (unpaired) electrons.